The van der Waals surface area contributed by atoms with Crippen molar-refractivity contribution in [3.8, 4) is 17.2 Å². The summed E-state index contributed by atoms with van der Waals surface area (Å²) >= 11 is 0. The Kier molecular flexibility index (Phi) is 9.66. The van der Waals surface area contributed by atoms with Crippen molar-refractivity contribution in [3.05, 3.63) is 47.5 Å². The molecule has 10 nitrogen and oxygen atoms in total. The van der Waals surface area contributed by atoms with Gasteiger partial charge in [0.25, 0.3) is 0 Å². The monoisotopic (exact) mass is 499 g/mol. The zero-order valence-electron chi connectivity index (χ0n) is 20.6. The zero-order chi connectivity index (χ0) is 26.1. The van der Waals surface area contributed by atoms with Crippen LogP contribution in [-0.4, -0.2) is 68.3 Å². The number of primary amides is 1. The van der Waals surface area contributed by atoms with E-state index in [1.54, 1.807) is 41.3 Å². The first-order valence-corrected chi connectivity index (χ1v) is 11.9. The van der Waals surface area contributed by atoms with Gasteiger partial charge in [0.05, 0.1) is 5.69 Å². The Morgan fingerprint density at radius 3 is 2.47 bits per heavy atom. The third-order valence-corrected chi connectivity index (χ3v) is 5.61. The van der Waals surface area contributed by atoms with Gasteiger partial charge in [-0.3, -0.25) is 14.4 Å². The number of Topliss-reactive ketones (excluding diaryl/α,β-unsaturated/α-hetero) is 1. The number of hydrogen-bond acceptors (Lipinski definition) is 8. The molecule has 0 bridgehead atoms. The molecule has 2 aromatic carbocycles. The van der Waals surface area contributed by atoms with Crippen LogP contribution in [0.1, 0.15) is 36.2 Å². The molecule has 0 aliphatic carbocycles. The van der Waals surface area contributed by atoms with E-state index in [4.69, 9.17) is 19.9 Å². The minimum atomic E-state index is -0.767. The van der Waals surface area contributed by atoms with Crippen molar-refractivity contribution >= 4 is 23.3 Å². The number of ether oxygens (including phenoxy) is 3. The van der Waals surface area contributed by atoms with Gasteiger partial charge in [0, 0.05) is 37.2 Å². The predicted octanol–water partition coefficient (Wildman–Crippen LogP) is 1.46. The lowest BCUT2D eigenvalue weighted by atomic mass is 9.99. The van der Waals surface area contributed by atoms with Crippen LogP contribution in [0.25, 0.3) is 0 Å². The summed E-state index contributed by atoms with van der Waals surface area (Å²) in [5.41, 5.74) is 7.08. The van der Waals surface area contributed by atoms with Gasteiger partial charge < -0.3 is 35.3 Å². The van der Waals surface area contributed by atoms with Gasteiger partial charge in [-0.1, -0.05) is 0 Å². The van der Waals surface area contributed by atoms with Gasteiger partial charge in [-0.25, -0.2) is 0 Å². The average molecular weight is 500 g/mol. The molecule has 1 unspecified atom stereocenters. The lowest BCUT2D eigenvalue weighted by molar-refractivity contribution is -0.119. The van der Waals surface area contributed by atoms with Crippen LogP contribution >= 0.6 is 0 Å². The smallest absolute Gasteiger partial charge is 0.248 e. The lowest BCUT2D eigenvalue weighted by Gasteiger charge is -2.31. The Balaban J connectivity index is 1.50. The van der Waals surface area contributed by atoms with Crippen molar-refractivity contribution in [2.24, 2.45) is 5.73 Å². The van der Waals surface area contributed by atoms with Crippen LogP contribution < -0.4 is 30.2 Å². The number of aliphatic hydroxyl groups excluding tert-OH is 1. The van der Waals surface area contributed by atoms with Crippen LogP contribution in [0.5, 0.6) is 17.2 Å². The number of nitrogens with two attached hydrogens (primary N) is 1. The summed E-state index contributed by atoms with van der Waals surface area (Å²) in [6, 6.07) is 9.98. The van der Waals surface area contributed by atoms with E-state index < -0.39 is 12.0 Å². The summed E-state index contributed by atoms with van der Waals surface area (Å²) in [6.07, 6.45) is 0.0724. The predicted molar refractivity (Wildman–Crippen MR) is 134 cm³/mol. The molecule has 1 atom stereocenters. The van der Waals surface area contributed by atoms with Gasteiger partial charge >= 0.3 is 0 Å². The van der Waals surface area contributed by atoms with Crippen molar-refractivity contribution < 1.29 is 33.7 Å². The number of carbonyl (C=O) groups excluding carboxylic acids is 3. The first-order valence-electron chi connectivity index (χ1n) is 11.9. The average Bonchev–Trinajstić information content (AvgIpc) is 2.86. The van der Waals surface area contributed by atoms with E-state index >= 15 is 0 Å². The van der Waals surface area contributed by atoms with Gasteiger partial charge in [0.2, 0.25) is 11.8 Å². The Bertz CT molecular complexity index is 1070. The molecule has 194 valence electrons. The van der Waals surface area contributed by atoms with Crippen molar-refractivity contribution in [3.63, 3.8) is 0 Å². The molecule has 0 spiro atoms. The molecule has 0 fully saturated rings. The Morgan fingerprint density at radius 2 is 1.81 bits per heavy atom. The number of amides is 2. The van der Waals surface area contributed by atoms with Gasteiger partial charge in [-0.2, -0.15) is 0 Å². The molecule has 1 aliphatic rings. The largest absolute Gasteiger partial charge is 0.492 e. The number of nitrogens with one attached hydrogen (secondary N) is 1. The topological polar surface area (TPSA) is 140 Å². The molecule has 1 aliphatic heterocycles. The molecule has 4 N–H and O–H groups in total. The molecular formula is C26H33N3O7. The normalized spacial score (nSPS) is 13.6. The summed E-state index contributed by atoms with van der Waals surface area (Å²) in [6.45, 7) is 4.94. The SMILES string of the molecule is CCN1C(=O)CCc2c(OCC(O)CNCCOc3ccc(C(N)=O)cc3)ccc(OCC(C)=O)c21. The molecule has 0 saturated heterocycles. The summed E-state index contributed by atoms with van der Waals surface area (Å²) in [5, 5.41) is 13.5. The molecule has 1 heterocycles. The summed E-state index contributed by atoms with van der Waals surface area (Å²) < 4.78 is 17.2. The molecule has 0 radical (unpaired) electrons. The number of anilines is 1. The molecule has 2 aromatic rings. The lowest BCUT2D eigenvalue weighted by Crippen LogP contribution is -2.36. The molecule has 0 saturated carbocycles. The van der Waals surface area contributed by atoms with Crippen LogP contribution in [0.2, 0.25) is 0 Å². The van der Waals surface area contributed by atoms with Crippen molar-refractivity contribution in [1.82, 2.24) is 5.32 Å². The van der Waals surface area contributed by atoms with Crippen molar-refractivity contribution in [1.29, 1.82) is 0 Å². The van der Waals surface area contributed by atoms with Gasteiger partial charge in [-0.05, 0) is 56.7 Å². The number of hydrogen-bond donors (Lipinski definition) is 3. The summed E-state index contributed by atoms with van der Waals surface area (Å²) in [4.78, 5) is 36.6. The summed E-state index contributed by atoms with van der Waals surface area (Å²) in [7, 11) is 0. The van der Waals surface area contributed by atoms with Crippen LogP contribution in [0.15, 0.2) is 36.4 Å². The summed E-state index contributed by atoms with van der Waals surface area (Å²) in [5.74, 6) is 1.04. The van der Waals surface area contributed by atoms with Crippen molar-refractivity contribution in [2.45, 2.75) is 32.8 Å². The van der Waals surface area contributed by atoms with Crippen LogP contribution in [-0.2, 0) is 16.0 Å². The highest BCUT2D eigenvalue weighted by Gasteiger charge is 2.29. The van der Waals surface area contributed by atoms with Gasteiger partial charge in [-0.15, -0.1) is 0 Å². The molecule has 10 heteroatoms. The number of benzene rings is 2. The number of carbonyl (C=O) groups is 3. The maximum absolute atomic E-state index is 12.4. The van der Waals surface area contributed by atoms with E-state index in [9.17, 15) is 19.5 Å². The van der Waals surface area contributed by atoms with E-state index in [-0.39, 0.29) is 24.9 Å². The quantitative estimate of drug-likeness (QED) is 0.332. The Morgan fingerprint density at radius 1 is 1.08 bits per heavy atom. The Labute approximate surface area is 210 Å². The number of rotatable bonds is 14. The minimum Gasteiger partial charge on any atom is -0.492 e. The number of aliphatic hydroxyl groups is 1. The maximum Gasteiger partial charge on any atom is 0.248 e. The van der Waals surface area contributed by atoms with E-state index in [1.165, 1.54) is 6.92 Å². The zero-order valence-corrected chi connectivity index (χ0v) is 20.6. The van der Waals surface area contributed by atoms with Crippen LogP contribution in [0.4, 0.5) is 5.69 Å². The highest BCUT2D eigenvalue weighted by Crippen LogP contribution is 2.42. The first-order chi connectivity index (χ1) is 17.3. The second kappa shape index (κ2) is 12.9. The molecular weight excluding hydrogens is 466 g/mol. The van der Waals surface area contributed by atoms with E-state index in [0.717, 1.165) is 5.56 Å². The number of nitrogens with zero attached hydrogens (tertiary/aromatic N) is 1. The fraction of sp³-hybridized carbons (Fsp3) is 0.423. The first kappa shape index (κ1) is 27.0. The van der Waals surface area contributed by atoms with Crippen molar-refractivity contribution in [2.75, 3.05) is 44.4 Å². The van der Waals surface area contributed by atoms with E-state index in [0.29, 0.717) is 67.6 Å². The molecule has 36 heavy (non-hydrogen) atoms. The molecule has 3 rings (SSSR count). The standard InChI is InChI=1S/C26H33N3O7/c1-3-29-24(32)11-8-21-22(9-10-23(25(21)29)35-15-17(2)30)36-16-19(31)14-28-12-13-34-20-6-4-18(5-7-20)26(27)33/h4-7,9-10,19,28,31H,3,8,11-16H2,1-2H3,(H2,27,33). The maximum atomic E-state index is 12.4. The van der Waals surface area contributed by atoms with E-state index in [1.807, 2.05) is 6.92 Å². The molecule has 2 amide bonds. The fourth-order valence-electron chi connectivity index (χ4n) is 3.86. The number of ketones is 1. The van der Waals surface area contributed by atoms with Gasteiger partial charge in [0.1, 0.15) is 43.2 Å². The Hall–Kier alpha value is -3.63. The van der Waals surface area contributed by atoms with Gasteiger partial charge in [0.15, 0.2) is 5.78 Å². The second-order valence-electron chi connectivity index (χ2n) is 8.42. The molecule has 0 aromatic heterocycles. The highest BCUT2D eigenvalue weighted by molar-refractivity contribution is 5.99. The highest BCUT2D eigenvalue weighted by atomic mass is 16.5. The third kappa shape index (κ3) is 7.19. The minimum absolute atomic E-state index is 0.00918. The number of fused-ring (bicyclic) bond motifs is 1. The third-order valence-electron chi connectivity index (χ3n) is 5.61. The second-order valence-corrected chi connectivity index (χ2v) is 8.42. The fourth-order valence-corrected chi connectivity index (χ4v) is 3.86. The van der Waals surface area contributed by atoms with E-state index in [2.05, 4.69) is 5.32 Å². The van der Waals surface area contributed by atoms with Crippen LogP contribution in [0, 0.1) is 0 Å². The van der Waals surface area contributed by atoms with Crippen LogP contribution in [0.3, 0.4) is 0 Å².